The van der Waals surface area contributed by atoms with Crippen LogP contribution >= 0.6 is 11.6 Å². The highest BCUT2D eigenvalue weighted by molar-refractivity contribution is 6.32. The molecule has 1 fully saturated rings. The topological polar surface area (TPSA) is 58.1 Å². The normalized spacial score (nSPS) is 16.5. The Morgan fingerprint density at radius 3 is 2.37 bits per heavy atom. The van der Waals surface area contributed by atoms with Gasteiger partial charge in [0.25, 0.3) is 0 Å². The van der Waals surface area contributed by atoms with Gasteiger partial charge in [-0.3, -0.25) is 9.89 Å². The largest absolute Gasteiger partial charge is 0.486 e. The van der Waals surface area contributed by atoms with Gasteiger partial charge in [-0.2, -0.15) is 0 Å². The van der Waals surface area contributed by atoms with Gasteiger partial charge in [0.05, 0.1) is 5.02 Å². The number of nitrogens with one attached hydrogen (secondary N) is 2. The van der Waals surface area contributed by atoms with Gasteiger partial charge in [0, 0.05) is 26.7 Å². The van der Waals surface area contributed by atoms with E-state index in [0.717, 1.165) is 18.1 Å². The summed E-state index contributed by atoms with van der Waals surface area (Å²) in [5, 5.41) is 7.26. The van der Waals surface area contributed by atoms with E-state index in [-0.39, 0.29) is 0 Å². The molecule has 0 aromatic heterocycles. The number of rotatable bonds is 6. The molecule has 0 amide bonds. The highest BCUT2D eigenvalue weighted by atomic mass is 35.5. The minimum Gasteiger partial charge on any atom is -0.486 e. The molecule has 0 radical (unpaired) electrons. The monoisotopic (exact) mass is 428 g/mol. The van der Waals surface area contributed by atoms with E-state index in [0.29, 0.717) is 42.8 Å². The zero-order valence-corrected chi connectivity index (χ0v) is 18.2. The maximum absolute atomic E-state index is 6.32. The van der Waals surface area contributed by atoms with E-state index >= 15 is 0 Å². The number of benzene rings is 2. The van der Waals surface area contributed by atoms with Crippen LogP contribution in [0.1, 0.15) is 29.5 Å². The molecule has 2 heterocycles. The molecule has 0 aliphatic carbocycles. The fourth-order valence-corrected chi connectivity index (χ4v) is 4.11. The number of hydrogen-bond acceptors (Lipinski definition) is 4. The summed E-state index contributed by atoms with van der Waals surface area (Å²) < 4.78 is 11.2. The van der Waals surface area contributed by atoms with Crippen molar-refractivity contribution in [1.82, 2.24) is 15.5 Å². The van der Waals surface area contributed by atoms with Crippen LogP contribution in [0.25, 0.3) is 0 Å². The van der Waals surface area contributed by atoms with Gasteiger partial charge in [-0.05, 0) is 54.8 Å². The first-order chi connectivity index (χ1) is 14.7. The second-order valence-electron chi connectivity index (χ2n) is 7.68. The van der Waals surface area contributed by atoms with Crippen LogP contribution in [0, 0.1) is 0 Å². The molecule has 0 spiro atoms. The molecule has 0 saturated carbocycles. The third-order valence-corrected chi connectivity index (χ3v) is 5.71. The Kier molecular flexibility index (Phi) is 6.97. The first kappa shape index (κ1) is 20.8. The van der Waals surface area contributed by atoms with E-state index in [4.69, 9.17) is 21.1 Å². The highest BCUT2D eigenvalue weighted by Gasteiger charge is 2.16. The maximum atomic E-state index is 6.32. The Morgan fingerprint density at radius 1 is 0.967 bits per heavy atom. The molecule has 0 unspecified atom stereocenters. The summed E-state index contributed by atoms with van der Waals surface area (Å²) >= 11 is 6.32. The van der Waals surface area contributed by atoms with E-state index in [1.165, 1.54) is 37.1 Å². The van der Waals surface area contributed by atoms with E-state index in [1.54, 1.807) is 7.05 Å². The van der Waals surface area contributed by atoms with Crippen molar-refractivity contribution >= 4 is 17.6 Å². The fraction of sp³-hybridized carbons (Fsp3) is 0.435. The first-order valence-electron chi connectivity index (χ1n) is 10.5. The van der Waals surface area contributed by atoms with Gasteiger partial charge < -0.3 is 20.1 Å². The predicted molar refractivity (Wildman–Crippen MR) is 120 cm³/mol. The van der Waals surface area contributed by atoms with Crippen LogP contribution in [0.3, 0.4) is 0 Å². The standard InChI is InChI=1S/C23H29ClN4O2/c1-25-23(27-15-19-12-20(24)22-21(13-19)29-10-11-30-22)26-14-17-4-6-18(7-5-17)16-28-8-2-3-9-28/h4-7,12-13H,2-3,8-11,14-16H2,1H3,(H2,25,26,27). The molecule has 2 N–H and O–H groups in total. The molecule has 1 saturated heterocycles. The third kappa shape index (κ3) is 5.37. The fourth-order valence-electron chi connectivity index (χ4n) is 3.82. The van der Waals surface area contributed by atoms with Crippen LogP contribution in [0.15, 0.2) is 41.4 Å². The molecule has 6 nitrogen and oxygen atoms in total. The van der Waals surface area contributed by atoms with Gasteiger partial charge in [-0.25, -0.2) is 0 Å². The van der Waals surface area contributed by atoms with Crippen molar-refractivity contribution in [1.29, 1.82) is 0 Å². The first-order valence-corrected chi connectivity index (χ1v) is 10.9. The molecular weight excluding hydrogens is 400 g/mol. The number of aliphatic imine (C=N–C) groups is 1. The summed E-state index contributed by atoms with van der Waals surface area (Å²) in [6.07, 6.45) is 2.65. The lowest BCUT2D eigenvalue weighted by Crippen LogP contribution is -2.36. The molecule has 160 valence electrons. The van der Waals surface area contributed by atoms with Crippen molar-refractivity contribution in [2.24, 2.45) is 4.99 Å². The molecule has 2 aromatic rings. The van der Waals surface area contributed by atoms with Crippen molar-refractivity contribution in [3.63, 3.8) is 0 Å². The van der Waals surface area contributed by atoms with Crippen molar-refractivity contribution < 1.29 is 9.47 Å². The summed E-state index contributed by atoms with van der Waals surface area (Å²) in [6.45, 7) is 5.87. The molecule has 0 bridgehead atoms. The van der Waals surface area contributed by atoms with Crippen LogP contribution in [-0.2, 0) is 19.6 Å². The second kappa shape index (κ2) is 10.0. The Balaban J connectivity index is 1.27. The van der Waals surface area contributed by atoms with Crippen LogP contribution in [-0.4, -0.2) is 44.2 Å². The molecule has 2 aliphatic rings. The number of halogens is 1. The average molecular weight is 429 g/mol. The summed E-state index contributed by atoms with van der Waals surface area (Å²) in [6, 6.07) is 12.7. The zero-order valence-electron chi connectivity index (χ0n) is 17.4. The molecule has 2 aromatic carbocycles. The van der Waals surface area contributed by atoms with Gasteiger partial charge in [0.15, 0.2) is 17.5 Å². The lowest BCUT2D eigenvalue weighted by Gasteiger charge is -2.20. The lowest BCUT2D eigenvalue weighted by atomic mass is 10.1. The summed E-state index contributed by atoms with van der Waals surface area (Å²) in [5.41, 5.74) is 3.61. The molecule has 0 atom stereocenters. The SMILES string of the molecule is CN=C(NCc1ccc(CN2CCCC2)cc1)NCc1cc(Cl)c2c(c1)OCCO2. The minimum atomic E-state index is 0.528. The smallest absolute Gasteiger partial charge is 0.191 e. The molecule has 7 heteroatoms. The average Bonchev–Trinajstić information content (AvgIpc) is 3.28. The number of ether oxygens (including phenoxy) is 2. The van der Waals surface area contributed by atoms with Crippen molar-refractivity contribution in [3.05, 3.63) is 58.1 Å². The van der Waals surface area contributed by atoms with Crippen molar-refractivity contribution in [3.8, 4) is 11.5 Å². The van der Waals surface area contributed by atoms with Crippen LogP contribution in [0.4, 0.5) is 0 Å². The van der Waals surface area contributed by atoms with Crippen molar-refractivity contribution in [2.45, 2.75) is 32.5 Å². The number of guanidine groups is 1. The quantitative estimate of drug-likeness (QED) is 0.544. The van der Waals surface area contributed by atoms with E-state index in [9.17, 15) is 0 Å². The van der Waals surface area contributed by atoms with Gasteiger partial charge in [0.1, 0.15) is 13.2 Å². The lowest BCUT2D eigenvalue weighted by molar-refractivity contribution is 0.171. The van der Waals surface area contributed by atoms with E-state index < -0.39 is 0 Å². The Bertz CT molecular complexity index is 880. The number of fused-ring (bicyclic) bond motifs is 1. The van der Waals surface area contributed by atoms with E-state index in [2.05, 4.69) is 44.8 Å². The van der Waals surface area contributed by atoms with Gasteiger partial charge in [-0.1, -0.05) is 35.9 Å². The summed E-state index contributed by atoms with van der Waals surface area (Å²) in [4.78, 5) is 6.83. The van der Waals surface area contributed by atoms with Crippen molar-refractivity contribution in [2.75, 3.05) is 33.4 Å². The Labute approximate surface area is 183 Å². The maximum Gasteiger partial charge on any atom is 0.191 e. The molecule has 4 rings (SSSR count). The Morgan fingerprint density at radius 2 is 1.63 bits per heavy atom. The minimum absolute atomic E-state index is 0.528. The van der Waals surface area contributed by atoms with Crippen LogP contribution < -0.4 is 20.1 Å². The Hall–Kier alpha value is -2.44. The number of hydrogen-bond donors (Lipinski definition) is 2. The molecule has 30 heavy (non-hydrogen) atoms. The third-order valence-electron chi connectivity index (χ3n) is 5.43. The number of nitrogens with zero attached hydrogens (tertiary/aromatic N) is 2. The predicted octanol–water partition coefficient (Wildman–Crippen LogP) is 3.57. The van der Waals surface area contributed by atoms with Crippen LogP contribution in [0.2, 0.25) is 5.02 Å². The molecular formula is C23H29ClN4O2. The highest BCUT2D eigenvalue weighted by Crippen LogP contribution is 2.38. The molecule has 2 aliphatic heterocycles. The van der Waals surface area contributed by atoms with Gasteiger partial charge >= 0.3 is 0 Å². The van der Waals surface area contributed by atoms with E-state index in [1.807, 2.05) is 12.1 Å². The summed E-state index contributed by atoms with van der Waals surface area (Å²) in [7, 11) is 1.77. The second-order valence-corrected chi connectivity index (χ2v) is 8.09. The van der Waals surface area contributed by atoms with Gasteiger partial charge in [0.2, 0.25) is 0 Å². The zero-order chi connectivity index (χ0) is 20.8. The summed E-state index contributed by atoms with van der Waals surface area (Å²) in [5.74, 6) is 2.06. The number of likely N-dealkylation sites (tertiary alicyclic amines) is 1. The van der Waals surface area contributed by atoms with Gasteiger partial charge in [-0.15, -0.1) is 0 Å². The van der Waals surface area contributed by atoms with Crippen LogP contribution in [0.5, 0.6) is 11.5 Å².